The van der Waals surface area contributed by atoms with Gasteiger partial charge < -0.3 is 10.8 Å². The lowest BCUT2D eigenvalue weighted by atomic mass is 10.4. The van der Waals surface area contributed by atoms with E-state index in [2.05, 4.69) is 5.73 Å². The van der Waals surface area contributed by atoms with Gasteiger partial charge in [0.05, 0.1) is 5.75 Å². The quantitative estimate of drug-likeness (QED) is 0.525. The summed E-state index contributed by atoms with van der Waals surface area (Å²) in [7, 11) is 0. The first kappa shape index (κ1) is 7.78. The third kappa shape index (κ3) is 2.87. The summed E-state index contributed by atoms with van der Waals surface area (Å²) in [6, 6.07) is -0.454. The van der Waals surface area contributed by atoms with Gasteiger partial charge in [-0.1, -0.05) is 0 Å². The highest BCUT2D eigenvalue weighted by molar-refractivity contribution is 7.98. The molecule has 0 spiro atoms. The number of carboxylic acids is 1. The molecule has 48 valence electrons. The van der Waals surface area contributed by atoms with Gasteiger partial charge in [-0.25, -0.2) is 4.79 Å². The van der Waals surface area contributed by atoms with Gasteiger partial charge in [0, 0.05) is 0 Å². The molecule has 1 unspecified atom stereocenters. The lowest BCUT2D eigenvalue weighted by molar-refractivity contribution is -0.400. The van der Waals surface area contributed by atoms with Crippen LogP contribution in [-0.4, -0.2) is 29.1 Å². The van der Waals surface area contributed by atoms with Crippen LogP contribution in [0.15, 0.2) is 0 Å². The number of carbonyl (C=O) groups is 1. The third-order valence-electron chi connectivity index (χ3n) is 0.717. The molecule has 0 aromatic carbocycles. The Bertz CT molecular complexity index is 86.1. The van der Waals surface area contributed by atoms with Crippen LogP contribution in [0.4, 0.5) is 0 Å². The number of quaternary nitrogens is 1. The van der Waals surface area contributed by atoms with E-state index in [1.54, 1.807) is 0 Å². The van der Waals surface area contributed by atoms with E-state index in [-0.39, 0.29) is 0 Å². The van der Waals surface area contributed by atoms with E-state index in [9.17, 15) is 4.79 Å². The number of hydrogen-bond acceptors (Lipinski definition) is 2. The molecule has 0 fully saturated rings. The van der Waals surface area contributed by atoms with Gasteiger partial charge in [0.15, 0.2) is 6.04 Å². The molecule has 0 radical (unpaired) electrons. The second kappa shape index (κ2) is 3.74. The van der Waals surface area contributed by atoms with Gasteiger partial charge in [-0.05, 0) is 6.26 Å². The summed E-state index contributed by atoms with van der Waals surface area (Å²) in [6.45, 7) is 0. The molecule has 0 aromatic rings. The number of rotatable bonds is 3. The maximum atomic E-state index is 10.0. The normalized spacial score (nSPS) is 13.2. The molecule has 8 heavy (non-hydrogen) atoms. The predicted octanol–water partition coefficient (Wildman–Crippen LogP) is -0.955. The summed E-state index contributed by atoms with van der Waals surface area (Å²) >= 11 is 1.49. The molecule has 0 saturated heterocycles. The van der Waals surface area contributed by atoms with Gasteiger partial charge >= 0.3 is 5.97 Å². The fourth-order valence-corrected chi connectivity index (χ4v) is 0.817. The Morgan fingerprint density at radius 1 is 2.00 bits per heavy atom. The molecule has 4 heteroatoms. The third-order valence-corrected chi connectivity index (χ3v) is 1.45. The molecule has 0 aliphatic rings. The van der Waals surface area contributed by atoms with Gasteiger partial charge in [0.25, 0.3) is 0 Å². The highest BCUT2D eigenvalue weighted by Crippen LogP contribution is 1.91. The minimum absolute atomic E-state index is 0.454. The average molecular weight is 136 g/mol. The van der Waals surface area contributed by atoms with Crippen molar-refractivity contribution in [2.24, 2.45) is 0 Å². The first-order valence-corrected chi connectivity index (χ1v) is 3.62. The Hall–Kier alpha value is -0.220. The number of carboxylic acid groups (broad SMARTS) is 1. The van der Waals surface area contributed by atoms with E-state index in [4.69, 9.17) is 5.11 Å². The highest BCUT2D eigenvalue weighted by Gasteiger charge is 2.12. The fourth-order valence-electron chi connectivity index (χ4n) is 0.272. The van der Waals surface area contributed by atoms with Crippen LogP contribution in [-0.2, 0) is 4.79 Å². The molecule has 0 rings (SSSR count). The molecule has 0 aliphatic heterocycles. The summed E-state index contributed by atoms with van der Waals surface area (Å²) in [5, 5.41) is 8.24. The van der Waals surface area contributed by atoms with E-state index in [1.807, 2.05) is 6.26 Å². The Kier molecular flexibility index (Phi) is 3.64. The van der Waals surface area contributed by atoms with Gasteiger partial charge in [0.1, 0.15) is 0 Å². The minimum Gasteiger partial charge on any atom is -0.477 e. The van der Waals surface area contributed by atoms with Crippen molar-refractivity contribution in [2.75, 3.05) is 12.0 Å². The van der Waals surface area contributed by atoms with Crippen LogP contribution >= 0.6 is 11.8 Å². The van der Waals surface area contributed by atoms with Crippen LogP contribution in [0.1, 0.15) is 0 Å². The predicted molar refractivity (Wildman–Crippen MR) is 32.7 cm³/mol. The number of thioether (sulfide) groups is 1. The van der Waals surface area contributed by atoms with Gasteiger partial charge in [-0.15, -0.1) is 0 Å². The molecule has 3 nitrogen and oxygen atoms in total. The topological polar surface area (TPSA) is 64.9 Å². The van der Waals surface area contributed by atoms with E-state index >= 15 is 0 Å². The van der Waals surface area contributed by atoms with Crippen molar-refractivity contribution in [1.82, 2.24) is 0 Å². The van der Waals surface area contributed by atoms with Crippen LogP contribution in [0.3, 0.4) is 0 Å². The van der Waals surface area contributed by atoms with Crippen LogP contribution in [0.25, 0.3) is 0 Å². The van der Waals surface area contributed by atoms with E-state index in [1.165, 1.54) is 11.8 Å². The maximum absolute atomic E-state index is 10.0. The molecular formula is C4H10NO2S+. The summed E-state index contributed by atoms with van der Waals surface area (Å²) in [5.41, 5.74) is 3.41. The Morgan fingerprint density at radius 3 is 2.62 bits per heavy atom. The van der Waals surface area contributed by atoms with Gasteiger partial charge in [-0.2, -0.15) is 11.8 Å². The van der Waals surface area contributed by atoms with Crippen molar-refractivity contribution in [2.45, 2.75) is 6.04 Å². The van der Waals surface area contributed by atoms with Gasteiger partial charge in [-0.3, -0.25) is 0 Å². The van der Waals surface area contributed by atoms with E-state index in [0.717, 1.165) is 0 Å². The summed E-state index contributed by atoms with van der Waals surface area (Å²) in [4.78, 5) is 10.0. The average Bonchev–Trinajstić information content (AvgIpc) is 1.67. The summed E-state index contributed by atoms with van der Waals surface area (Å²) in [6.07, 6.45) is 1.86. The minimum atomic E-state index is -0.820. The molecule has 0 saturated carbocycles. The maximum Gasteiger partial charge on any atom is 0.363 e. The van der Waals surface area contributed by atoms with Crippen molar-refractivity contribution in [3.63, 3.8) is 0 Å². The fraction of sp³-hybridized carbons (Fsp3) is 0.750. The zero-order valence-corrected chi connectivity index (χ0v) is 5.57. The number of aliphatic carboxylic acids is 1. The monoisotopic (exact) mass is 136 g/mol. The Labute approximate surface area is 52.3 Å². The first-order valence-electron chi connectivity index (χ1n) is 2.23. The molecule has 1 atom stereocenters. The van der Waals surface area contributed by atoms with Crippen molar-refractivity contribution in [3.8, 4) is 0 Å². The van der Waals surface area contributed by atoms with E-state index in [0.29, 0.717) is 5.75 Å². The smallest absolute Gasteiger partial charge is 0.363 e. The van der Waals surface area contributed by atoms with E-state index < -0.39 is 12.0 Å². The highest BCUT2D eigenvalue weighted by atomic mass is 32.2. The zero-order valence-electron chi connectivity index (χ0n) is 4.76. The molecule has 0 heterocycles. The lowest BCUT2D eigenvalue weighted by Gasteiger charge is -1.96. The molecule has 0 aliphatic carbocycles. The molecule has 0 aromatic heterocycles. The molecule has 0 bridgehead atoms. The molecule has 0 amide bonds. The first-order chi connectivity index (χ1) is 3.68. The summed E-state index contributed by atoms with van der Waals surface area (Å²) < 4.78 is 0. The number of hydrogen-bond donors (Lipinski definition) is 2. The summed E-state index contributed by atoms with van der Waals surface area (Å²) in [5.74, 6) is -0.227. The van der Waals surface area contributed by atoms with Crippen LogP contribution < -0.4 is 5.73 Å². The lowest BCUT2D eigenvalue weighted by Crippen LogP contribution is -2.66. The van der Waals surface area contributed by atoms with Gasteiger partial charge in [0.2, 0.25) is 0 Å². The second-order valence-corrected chi connectivity index (χ2v) is 2.40. The van der Waals surface area contributed by atoms with Crippen molar-refractivity contribution >= 4 is 17.7 Å². The molecule has 4 N–H and O–H groups in total. The zero-order chi connectivity index (χ0) is 6.57. The standard InChI is InChI=1S/C4H9NO2S/c1-8-2-3(5)4(6)7/h3H,2,5H2,1H3,(H,6,7)/p+1. The second-order valence-electron chi connectivity index (χ2n) is 1.49. The SMILES string of the molecule is CSCC([NH3+])C(=O)O. The Balaban J connectivity index is 3.32. The van der Waals surface area contributed by atoms with Crippen LogP contribution in [0.5, 0.6) is 0 Å². The largest absolute Gasteiger partial charge is 0.477 e. The van der Waals surface area contributed by atoms with Crippen LogP contribution in [0, 0.1) is 0 Å². The van der Waals surface area contributed by atoms with Crippen molar-refractivity contribution < 1.29 is 15.6 Å². The van der Waals surface area contributed by atoms with Crippen molar-refractivity contribution in [3.05, 3.63) is 0 Å². The van der Waals surface area contributed by atoms with Crippen molar-refractivity contribution in [1.29, 1.82) is 0 Å². The van der Waals surface area contributed by atoms with Crippen LogP contribution in [0.2, 0.25) is 0 Å². The Morgan fingerprint density at radius 2 is 2.50 bits per heavy atom. The molecular weight excluding hydrogens is 126 g/mol.